The number of aliphatic hydroxyl groups excluding tert-OH is 1. The molecule has 0 saturated carbocycles. The maximum Gasteiger partial charge on any atom is 0.254 e. The number of nitrogens with two attached hydrogens (primary N) is 2. The van der Waals surface area contributed by atoms with E-state index < -0.39 is 5.91 Å². The average molecular weight is 198 g/mol. The van der Waals surface area contributed by atoms with Gasteiger partial charge in [0.15, 0.2) is 0 Å². The molecule has 0 spiro atoms. The van der Waals surface area contributed by atoms with Gasteiger partial charge in [-0.25, -0.2) is 4.68 Å². The second-order valence-corrected chi connectivity index (χ2v) is 2.96. The third kappa shape index (κ3) is 1.69. The number of amides is 1. The van der Waals surface area contributed by atoms with Gasteiger partial charge < -0.3 is 16.6 Å². The summed E-state index contributed by atoms with van der Waals surface area (Å²) in [5.41, 5.74) is 11.5. The Hall–Kier alpha value is -1.56. The Bertz CT molecular complexity index is 345. The van der Waals surface area contributed by atoms with E-state index in [-0.39, 0.29) is 18.1 Å². The van der Waals surface area contributed by atoms with Crippen LogP contribution in [0.5, 0.6) is 0 Å². The van der Waals surface area contributed by atoms with Crippen molar-refractivity contribution in [1.82, 2.24) is 9.78 Å². The first-order valence-corrected chi connectivity index (χ1v) is 4.37. The van der Waals surface area contributed by atoms with Crippen LogP contribution in [0.3, 0.4) is 0 Å². The van der Waals surface area contributed by atoms with Crippen LogP contribution in [0, 0.1) is 0 Å². The van der Waals surface area contributed by atoms with Crippen molar-refractivity contribution in [3.63, 3.8) is 0 Å². The Morgan fingerprint density at radius 2 is 2.29 bits per heavy atom. The summed E-state index contributed by atoms with van der Waals surface area (Å²) in [6.07, 6.45) is 1.46. The molecule has 0 aliphatic carbocycles. The number of aromatic nitrogens is 2. The molecule has 0 aliphatic heterocycles. The van der Waals surface area contributed by atoms with Gasteiger partial charge in [-0.05, 0) is 6.42 Å². The van der Waals surface area contributed by atoms with Gasteiger partial charge in [0.05, 0.1) is 5.69 Å². The molecule has 1 heterocycles. The fourth-order valence-electron chi connectivity index (χ4n) is 1.31. The van der Waals surface area contributed by atoms with Gasteiger partial charge >= 0.3 is 0 Å². The number of carbonyl (C=O) groups excluding carboxylic acids is 1. The fraction of sp³-hybridized carbons (Fsp3) is 0.500. The summed E-state index contributed by atoms with van der Waals surface area (Å²) in [7, 11) is 0. The van der Waals surface area contributed by atoms with Gasteiger partial charge in [0.2, 0.25) is 0 Å². The molecule has 78 valence electrons. The van der Waals surface area contributed by atoms with Crippen molar-refractivity contribution in [2.24, 2.45) is 5.73 Å². The standard InChI is InChI=1S/C8H14N4O2/c1-2-3-5-6(8(10)14)7(9)12(4-13)11-5/h13H,2-4,9H2,1H3,(H2,10,14). The smallest absolute Gasteiger partial charge is 0.254 e. The Labute approximate surface area is 81.5 Å². The Balaban J connectivity index is 3.20. The number of hydrogen-bond donors (Lipinski definition) is 3. The van der Waals surface area contributed by atoms with Gasteiger partial charge in [0.25, 0.3) is 5.91 Å². The molecule has 1 aromatic rings. The van der Waals surface area contributed by atoms with Crippen molar-refractivity contribution in [3.8, 4) is 0 Å². The highest BCUT2D eigenvalue weighted by atomic mass is 16.3. The quantitative estimate of drug-likeness (QED) is 0.604. The van der Waals surface area contributed by atoms with E-state index in [2.05, 4.69) is 5.10 Å². The molecule has 6 heteroatoms. The Morgan fingerprint density at radius 3 is 2.71 bits per heavy atom. The van der Waals surface area contributed by atoms with E-state index in [4.69, 9.17) is 16.6 Å². The molecule has 0 fully saturated rings. The normalized spacial score (nSPS) is 10.4. The minimum atomic E-state index is -0.606. The monoisotopic (exact) mass is 198 g/mol. The van der Waals surface area contributed by atoms with E-state index in [1.165, 1.54) is 0 Å². The van der Waals surface area contributed by atoms with Crippen molar-refractivity contribution >= 4 is 11.7 Å². The first-order valence-electron chi connectivity index (χ1n) is 4.37. The molecule has 1 aromatic heterocycles. The van der Waals surface area contributed by atoms with Crippen LogP contribution >= 0.6 is 0 Å². The van der Waals surface area contributed by atoms with Gasteiger partial charge in [0.1, 0.15) is 18.1 Å². The summed E-state index contributed by atoms with van der Waals surface area (Å²) in [6, 6.07) is 0. The molecule has 0 saturated heterocycles. The molecule has 0 bridgehead atoms. The molecule has 1 rings (SSSR count). The lowest BCUT2D eigenvalue weighted by Gasteiger charge is -1.97. The summed E-state index contributed by atoms with van der Waals surface area (Å²) in [5.74, 6) is -0.478. The van der Waals surface area contributed by atoms with Crippen LogP contribution < -0.4 is 11.5 Å². The van der Waals surface area contributed by atoms with Crippen molar-refractivity contribution in [2.45, 2.75) is 26.5 Å². The molecular weight excluding hydrogens is 184 g/mol. The van der Waals surface area contributed by atoms with E-state index in [0.717, 1.165) is 11.1 Å². The molecule has 6 nitrogen and oxygen atoms in total. The Kier molecular flexibility index (Phi) is 3.08. The zero-order valence-electron chi connectivity index (χ0n) is 8.03. The molecule has 0 aliphatic rings. The lowest BCUT2D eigenvalue weighted by molar-refractivity contribution is 0.1000. The molecule has 0 aromatic carbocycles. The number of aryl methyl sites for hydroxylation is 1. The first-order chi connectivity index (χ1) is 6.61. The lowest BCUT2D eigenvalue weighted by atomic mass is 10.1. The Morgan fingerprint density at radius 1 is 1.64 bits per heavy atom. The predicted octanol–water partition coefficient (Wildman–Crippen LogP) is -0.533. The largest absolute Gasteiger partial charge is 0.383 e. The summed E-state index contributed by atoms with van der Waals surface area (Å²) in [4.78, 5) is 11.1. The van der Waals surface area contributed by atoms with Crippen LogP contribution in [0.15, 0.2) is 0 Å². The van der Waals surface area contributed by atoms with Gasteiger partial charge in [-0.3, -0.25) is 4.79 Å². The summed E-state index contributed by atoms with van der Waals surface area (Å²) in [5, 5.41) is 12.9. The van der Waals surface area contributed by atoms with Crippen LogP contribution in [0.2, 0.25) is 0 Å². The summed E-state index contributed by atoms with van der Waals surface area (Å²) in [6.45, 7) is 1.61. The maximum atomic E-state index is 11.1. The average Bonchev–Trinajstić information content (AvgIpc) is 2.43. The third-order valence-corrected chi connectivity index (χ3v) is 1.93. The van der Waals surface area contributed by atoms with Gasteiger partial charge in [-0.15, -0.1) is 0 Å². The number of hydrogen-bond acceptors (Lipinski definition) is 4. The minimum absolute atomic E-state index is 0.128. The van der Waals surface area contributed by atoms with Crippen molar-refractivity contribution in [1.29, 1.82) is 0 Å². The van der Waals surface area contributed by atoms with E-state index in [1.807, 2.05) is 6.92 Å². The zero-order valence-corrected chi connectivity index (χ0v) is 8.03. The van der Waals surface area contributed by atoms with E-state index in [9.17, 15) is 4.79 Å². The molecule has 0 radical (unpaired) electrons. The van der Waals surface area contributed by atoms with Crippen molar-refractivity contribution < 1.29 is 9.90 Å². The molecule has 1 amide bonds. The topological polar surface area (TPSA) is 107 Å². The van der Waals surface area contributed by atoms with E-state index in [1.54, 1.807) is 0 Å². The number of primary amides is 1. The number of carbonyl (C=O) groups is 1. The molecule has 0 unspecified atom stereocenters. The highest BCUT2D eigenvalue weighted by molar-refractivity contribution is 5.98. The number of nitrogen functional groups attached to an aromatic ring is 1. The highest BCUT2D eigenvalue weighted by Crippen LogP contribution is 2.17. The summed E-state index contributed by atoms with van der Waals surface area (Å²) >= 11 is 0. The van der Waals surface area contributed by atoms with Gasteiger partial charge in [0, 0.05) is 0 Å². The minimum Gasteiger partial charge on any atom is -0.383 e. The molecule has 0 atom stereocenters. The van der Waals surface area contributed by atoms with Crippen LogP contribution in [0.25, 0.3) is 0 Å². The number of rotatable bonds is 4. The second-order valence-electron chi connectivity index (χ2n) is 2.96. The maximum absolute atomic E-state index is 11.1. The number of aliphatic hydroxyl groups is 1. The SMILES string of the molecule is CCCc1nn(CO)c(N)c1C(N)=O. The van der Waals surface area contributed by atoms with E-state index in [0.29, 0.717) is 12.1 Å². The first kappa shape index (κ1) is 10.5. The number of anilines is 1. The van der Waals surface area contributed by atoms with Crippen molar-refractivity contribution in [3.05, 3.63) is 11.3 Å². The number of nitrogens with zero attached hydrogens (tertiary/aromatic N) is 2. The zero-order chi connectivity index (χ0) is 10.7. The molecule has 14 heavy (non-hydrogen) atoms. The van der Waals surface area contributed by atoms with E-state index >= 15 is 0 Å². The fourth-order valence-corrected chi connectivity index (χ4v) is 1.31. The van der Waals surface area contributed by atoms with Crippen LogP contribution in [0.1, 0.15) is 29.4 Å². The van der Waals surface area contributed by atoms with Gasteiger partial charge in [-0.2, -0.15) is 5.10 Å². The highest BCUT2D eigenvalue weighted by Gasteiger charge is 2.18. The van der Waals surface area contributed by atoms with Crippen molar-refractivity contribution in [2.75, 3.05) is 5.73 Å². The molecular formula is C8H14N4O2. The predicted molar refractivity (Wildman–Crippen MR) is 51.4 cm³/mol. The molecule has 5 N–H and O–H groups in total. The third-order valence-electron chi connectivity index (χ3n) is 1.93. The van der Waals surface area contributed by atoms with Crippen LogP contribution in [0.4, 0.5) is 5.82 Å². The van der Waals surface area contributed by atoms with Gasteiger partial charge in [-0.1, -0.05) is 13.3 Å². The van der Waals surface area contributed by atoms with Crippen LogP contribution in [-0.4, -0.2) is 20.8 Å². The second kappa shape index (κ2) is 4.10. The van der Waals surface area contributed by atoms with Crippen LogP contribution in [-0.2, 0) is 13.2 Å². The lowest BCUT2D eigenvalue weighted by Crippen LogP contribution is -2.15. The summed E-state index contributed by atoms with van der Waals surface area (Å²) < 4.78 is 1.16.